The number of hydrogen-bond donors (Lipinski definition) is 1. The summed E-state index contributed by atoms with van der Waals surface area (Å²) < 4.78 is 4.53. The number of carbonyl (C=O) groups excluding carboxylic acids is 1. The number of nitrogens with zero attached hydrogens (tertiary/aromatic N) is 1. The molecule has 13 heavy (non-hydrogen) atoms. The third kappa shape index (κ3) is 1.96. The largest absolute Gasteiger partial charge is 0.465 e. The van der Waals surface area contributed by atoms with Gasteiger partial charge in [-0.15, -0.1) is 0 Å². The van der Waals surface area contributed by atoms with E-state index < -0.39 is 5.97 Å². The number of esters is 1. The minimum atomic E-state index is -0.451. The number of anilines is 1. The van der Waals surface area contributed by atoms with E-state index >= 15 is 0 Å². The van der Waals surface area contributed by atoms with Crippen molar-refractivity contribution in [1.82, 2.24) is 4.98 Å². The molecule has 0 saturated heterocycles. The molecular formula is C9H12N2O2. The van der Waals surface area contributed by atoms with E-state index in [2.05, 4.69) is 9.72 Å². The summed E-state index contributed by atoms with van der Waals surface area (Å²) in [4.78, 5) is 15.1. The molecule has 0 saturated carbocycles. The second-order valence-corrected chi connectivity index (χ2v) is 2.58. The van der Waals surface area contributed by atoms with Crippen molar-refractivity contribution in [3.8, 4) is 0 Å². The Kier molecular flexibility index (Phi) is 2.84. The van der Waals surface area contributed by atoms with Gasteiger partial charge in [0.05, 0.1) is 7.11 Å². The lowest BCUT2D eigenvalue weighted by atomic mass is 10.2. The molecule has 1 aromatic heterocycles. The molecule has 0 unspecified atom stereocenters. The Morgan fingerprint density at radius 3 is 2.77 bits per heavy atom. The Balaban J connectivity index is 3.05. The van der Waals surface area contributed by atoms with E-state index in [9.17, 15) is 4.79 Å². The van der Waals surface area contributed by atoms with Crippen LogP contribution in [0.4, 0.5) is 5.82 Å². The zero-order valence-corrected chi connectivity index (χ0v) is 7.70. The Morgan fingerprint density at radius 1 is 1.62 bits per heavy atom. The number of ether oxygens (including phenoxy) is 1. The van der Waals surface area contributed by atoms with Gasteiger partial charge in [-0.25, -0.2) is 9.78 Å². The van der Waals surface area contributed by atoms with Crippen LogP contribution in [0.3, 0.4) is 0 Å². The molecule has 0 aromatic carbocycles. The zero-order chi connectivity index (χ0) is 9.84. The average Bonchev–Trinajstić information content (AvgIpc) is 2.16. The van der Waals surface area contributed by atoms with Gasteiger partial charge in [0.1, 0.15) is 11.4 Å². The van der Waals surface area contributed by atoms with E-state index in [4.69, 9.17) is 5.73 Å². The molecule has 0 aliphatic heterocycles. The van der Waals surface area contributed by atoms with Crippen molar-refractivity contribution in [2.45, 2.75) is 13.3 Å². The van der Waals surface area contributed by atoms with Crippen molar-refractivity contribution in [3.05, 3.63) is 23.4 Å². The number of nitrogen functional groups attached to an aromatic ring is 1. The molecule has 0 amide bonds. The van der Waals surface area contributed by atoms with Crippen LogP contribution in [0, 0.1) is 0 Å². The lowest BCUT2D eigenvalue weighted by molar-refractivity contribution is 0.0601. The Morgan fingerprint density at radius 2 is 2.31 bits per heavy atom. The van der Waals surface area contributed by atoms with Crippen LogP contribution < -0.4 is 5.73 Å². The fraction of sp³-hybridized carbons (Fsp3) is 0.333. The van der Waals surface area contributed by atoms with Crippen molar-refractivity contribution >= 4 is 11.8 Å². The van der Waals surface area contributed by atoms with Gasteiger partial charge in [0, 0.05) is 5.69 Å². The molecule has 1 heterocycles. The van der Waals surface area contributed by atoms with Crippen molar-refractivity contribution in [1.29, 1.82) is 0 Å². The molecule has 70 valence electrons. The second-order valence-electron chi connectivity index (χ2n) is 2.58. The van der Waals surface area contributed by atoms with Gasteiger partial charge < -0.3 is 10.5 Å². The molecule has 0 atom stereocenters. The molecule has 4 nitrogen and oxygen atoms in total. The number of aromatic nitrogens is 1. The van der Waals surface area contributed by atoms with Crippen molar-refractivity contribution in [2.75, 3.05) is 12.8 Å². The minimum Gasteiger partial charge on any atom is -0.465 e. The van der Waals surface area contributed by atoms with Gasteiger partial charge in [-0.2, -0.15) is 0 Å². The maximum Gasteiger partial charge on any atom is 0.341 e. The standard InChI is InChI=1S/C9H12N2O2/c1-3-6-4-5-7(8(10)11-6)9(12)13-2/h4-5H,3H2,1-2H3,(H2,10,11). The first-order chi connectivity index (χ1) is 6.19. The van der Waals surface area contributed by atoms with E-state index in [0.717, 1.165) is 12.1 Å². The first-order valence-corrected chi connectivity index (χ1v) is 4.02. The number of aryl methyl sites for hydroxylation is 1. The van der Waals surface area contributed by atoms with Crippen LogP contribution >= 0.6 is 0 Å². The number of hydrogen-bond acceptors (Lipinski definition) is 4. The van der Waals surface area contributed by atoms with Gasteiger partial charge >= 0.3 is 5.97 Å². The number of carbonyl (C=O) groups is 1. The fourth-order valence-electron chi connectivity index (χ4n) is 0.997. The lowest BCUT2D eigenvalue weighted by Gasteiger charge is -2.03. The first kappa shape index (κ1) is 9.51. The van der Waals surface area contributed by atoms with Crippen LogP contribution in [-0.4, -0.2) is 18.1 Å². The smallest absolute Gasteiger partial charge is 0.341 e. The van der Waals surface area contributed by atoms with E-state index in [1.165, 1.54) is 7.11 Å². The van der Waals surface area contributed by atoms with Crippen molar-refractivity contribution < 1.29 is 9.53 Å². The molecular weight excluding hydrogens is 168 g/mol. The summed E-state index contributed by atoms with van der Waals surface area (Å²) in [5.74, 6) is -0.223. The molecule has 0 aliphatic carbocycles. The summed E-state index contributed by atoms with van der Waals surface area (Å²) in [5.41, 5.74) is 6.75. The molecule has 0 bridgehead atoms. The summed E-state index contributed by atoms with van der Waals surface area (Å²) in [5, 5.41) is 0. The normalized spacial score (nSPS) is 9.69. The second kappa shape index (κ2) is 3.89. The number of rotatable bonds is 2. The van der Waals surface area contributed by atoms with Crippen LogP contribution in [0.25, 0.3) is 0 Å². The first-order valence-electron chi connectivity index (χ1n) is 4.02. The zero-order valence-electron chi connectivity index (χ0n) is 7.70. The Labute approximate surface area is 76.7 Å². The summed E-state index contributed by atoms with van der Waals surface area (Å²) in [7, 11) is 1.31. The predicted octanol–water partition coefficient (Wildman–Crippen LogP) is 1.01. The summed E-state index contributed by atoms with van der Waals surface area (Å²) in [6, 6.07) is 3.40. The lowest BCUT2D eigenvalue weighted by Crippen LogP contribution is -2.08. The predicted molar refractivity (Wildman–Crippen MR) is 49.4 cm³/mol. The average molecular weight is 180 g/mol. The molecule has 0 aliphatic rings. The maximum atomic E-state index is 11.1. The summed E-state index contributed by atoms with van der Waals surface area (Å²) >= 11 is 0. The van der Waals surface area contributed by atoms with E-state index in [1.54, 1.807) is 12.1 Å². The molecule has 4 heteroatoms. The molecule has 0 radical (unpaired) electrons. The highest BCUT2D eigenvalue weighted by Crippen LogP contribution is 2.11. The third-order valence-corrected chi connectivity index (χ3v) is 1.75. The van der Waals surface area contributed by atoms with Crippen LogP contribution in [0.15, 0.2) is 12.1 Å². The molecule has 0 spiro atoms. The number of pyridine rings is 1. The topological polar surface area (TPSA) is 65.2 Å². The quantitative estimate of drug-likeness (QED) is 0.690. The highest BCUT2D eigenvalue weighted by Gasteiger charge is 2.10. The minimum absolute atomic E-state index is 0.228. The number of nitrogens with two attached hydrogens (primary N) is 1. The van der Waals surface area contributed by atoms with Gasteiger partial charge in [-0.05, 0) is 18.6 Å². The van der Waals surface area contributed by atoms with Gasteiger partial charge in [-0.1, -0.05) is 6.92 Å². The fourth-order valence-corrected chi connectivity index (χ4v) is 0.997. The van der Waals surface area contributed by atoms with Crippen LogP contribution in [-0.2, 0) is 11.2 Å². The van der Waals surface area contributed by atoms with Crippen LogP contribution in [0.2, 0.25) is 0 Å². The molecule has 0 fully saturated rings. The molecule has 1 aromatic rings. The maximum absolute atomic E-state index is 11.1. The Bertz CT molecular complexity index is 323. The van der Waals surface area contributed by atoms with Gasteiger partial charge in [0.15, 0.2) is 0 Å². The molecule has 1 rings (SSSR count). The third-order valence-electron chi connectivity index (χ3n) is 1.75. The molecule has 2 N–H and O–H groups in total. The van der Waals surface area contributed by atoms with E-state index in [1.807, 2.05) is 6.92 Å². The van der Waals surface area contributed by atoms with Gasteiger partial charge in [0.25, 0.3) is 0 Å². The van der Waals surface area contributed by atoms with Gasteiger partial charge in [0.2, 0.25) is 0 Å². The monoisotopic (exact) mass is 180 g/mol. The van der Waals surface area contributed by atoms with Crippen LogP contribution in [0.1, 0.15) is 23.0 Å². The highest BCUT2D eigenvalue weighted by molar-refractivity contribution is 5.93. The van der Waals surface area contributed by atoms with Gasteiger partial charge in [-0.3, -0.25) is 0 Å². The van der Waals surface area contributed by atoms with Crippen molar-refractivity contribution in [2.24, 2.45) is 0 Å². The van der Waals surface area contributed by atoms with Crippen LogP contribution in [0.5, 0.6) is 0 Å². The summed E-state index contributed by atoms with van der Waals surface area (Å²) in [6.07, 6.45) is 0.797. The van der Waals surface area contributed by atoms with E-state index in [0.29, 0.717) is 5.56 Å². The van der Waals surface area contributed by atoms with E-state index in [-0.39, 0.29) is 5.82 Å². The number of methoxy groups -OCH3 is 1. The van der Waals surface area contributed by atoms with Crippen molar-refractivity contribution in [3.63, 3.8) is 0 Å². The Hall–Kier alpha value is -1.58. The highest BCUT2D eigenvalue weighted by atomic mass is 16.5. The summed E-state index contributed by atoms with van der Waals surface area (Å²) in [6.45, 7) is 1.97. The SMILES string of the molecule is CCc1ccc(C(=O)OC)c(N)n1.